The number of hydrogen-bond donors (Lipinski definition) is 0. The van der Waals surface area contributed by atoms with Gasteiger partial charge in [0.05, 0.1) is 6.42 Å². The van der Waals surface area contributed by atoms with Gasteiger partial charge in [0.25, 0.3) is 0 Å². The second-order valence-electron chi connectivity index (χ2n) is 5.36. The third-order valence-electron chi connectivity index (χ3n) is 3.59. The molecule has 1 rings (SSSR count). The minimum atomic E-state index is -0.127. The molecular formula is C14H24O2. The van der Waals surface area contributed by atoms with Gasteiger partial charge in [-0.1, -0.05) is 39.5 Å². The van der Waals surface area contributed by atoms with Crippen molar-refractivity contribution in [3.8, 4) is 0 Å². The summed E-state index contributed by atoms with van der Waals surface area (Å²) in [7, 11) is 0. The Bertz CT molecular complexity index is 251. The summed E-state index contributed by atoms with van der Waals surface area (Å²) < 4.78 is 0. The molecule has 1 saturated carbocycles. The van der Waals surface area contributed by atoms with Crippen LogP contribution in [0, 0.1) is 5.41 Å². The number of hydrogen-bond acceptors (Lipinski definition) is 2. The maximum absolute atomic E-state index is 11.7. The van der Waals surface area contributed by atoms with Crippen LogP contribution in [0.5, 0.6) is 0 Å². The van der Waals surface area contributed by atoms with Crippen LogP contribution in [0.1, 0.15) is 71.6 Å². The van der Waals surface area contributed by atoms with Crippen LogP contribution in [0.4, 0.5) is 0 Å². The average Bonchev–Trinajstić information content (AvgIpc) is 2.97. The Balaban J connectivity index is 2.05. The molecule has 0 aromatic carbocycles. The number of carbonyl (C=O) groups is 2. The molecule has 2 nitrogen and oxygen atoms in total. The van der Waals surface area contributed by atoms with Gasteiger partial charge in [0.15, 0.2) is 0 Å². The molecule has 1 aliphatic rings. The van der Waals surface area contributed by atoms with E-state index in [0.29, 0.717) is 6.42 Å². The molecule has 0 spiro atoms. The molecule has 0 N–H and O–H groups in total. The standard InChI is InChI=1S/C14H24O2/c1-3-4-5-6-7-8-12(15)11-13(16)14(2)9-10-14/h3-11H2,1-2H3. The number of unbranched alkanes of at least 4 members (excludes halogenated alkanes) is 4. The Morgan fingerprint density at radius 1 is 1.06 bits per heavy atom. The summed E-state index contributed by atoms with van der Waals surface area (Å²) in [5.41, 5.74) is -0.127. The fraction of sp³-hybridized carbons (Fsp3) is 0.857. The summed E-state index contributed by atoms with van der Waals surface area (Å²) in [6.07, 6.45) is 8.54. The Labute approximate surface area is 98.8 Å². The molecule has 0 heterocycles. The van der Waals surface area contributed by atoms with E-state index in [1.165, 1.54) is 19.3 Å². The lowest BCUT2D eigenvalue weighted by Crippen LogP contribution is -2.16. The zero-order valence-electron chi connectivity index (χ0n) is 10.7. The molecule has 16 heavy (non-hydrogen) atoms. The normalized spacial score (nSPS) is 17.1. The Hall–Kier alpha value is -0.660. The SMILES string of the molecule is CCCCCCCC(=O)CC(=O)C1(C)CC1. The smallest absolute Gasteiger partial charge is 0.146 e. The highest BCUT2D eigenvalue weighted by molar-refractivity contribution is 6.02. The van der Waals surface area contributed by atoms with Crippen molar-refractivity contribution >= 4 is 11.6 Å². The molecule has 0 amide bonds. The Morgan fingerprint density at radius 3 is 2.25 bits per heavy atom. The van der Waals surface area contributed by atoms with E-state index in [-0.39, 0.29) is 23.4 Å². The van der Waals surface area contributed by atoms with Crippen LogP contribution in [0.2, 0.25) is 0 Å². The highest BCUT2D eigenvalue weighted by Gasteiger charge is 2.44. The molecule has 92 valence electrons. The molecule has 0 atom stereocenters. The maximum atomic E-state index is 11.7. The number of rotatable bonds is 9. The monoisotopic (exact) mass is 224 g/mol. The fourth-order valence-corrected chi connectivity index (χ4v) is 1.87. The van der Waals surface area contributed by atoms with Crippen molar-refractivity contribution in [2.45, 2.75) is 71.6 Å². The van der Waals surface area contributed by atoms with Crippen LogP contribution in [-0.4, -0.2) is 11.6 Å². The highest BCUT2D eigenvalue weighted by Crippen LogP contribution is 2.46. The first-order valence-corrected chi connectivity index (χ1v) is 6.63. The minimum absolute atomic E-state index is 0.127. The van der Waals surface area contributed by atoms with Crippen molar-refractivity contribution in [1.29, 1.82) is 0 Å². The van der Waals surface area contributed by atoms with Crippen molar-refractivity contribution in [2.24, 2.45) is 5.41 Å². The van der Waals surface area contributed by atoms with Gasteiger partial charge in [0.1, 0.15) is 11.6 Å². The van der Waals surface area contributed by atoms with Crippen LogP contribution >= 0.6 is 0 Å². The molecule has 2 heteroatoms. The summed E-state index contributed by atoms with van der Waals surface area (Å²) in [6.45, 7) is 4.16. The van der Waals surface area contributed by atoms with Crippen molar-refractivity contribution in [1.82, 2.24) is 0 Å². The van der Waals surface area contributed by atoms with Crippen LogP contribution in [-0.2, 0) is 9.59 Å². The molecule has 0 bridgehead atoms. The molecule has 0 aromatic rings. The number of carbonyl (C=O) groups excluding carboxylic acids is 2. The second-order valence-corrected chi connectivity index (χ2v) is 5.36. The van der Waals surface area contributed by atoms with Crippen LogP contribution < -0.4 is 0 Å². The summed E-state index contributed by atoms with van der Waals surface area (Å²) in [5, 5.41) is 0. The van der Waals surface area contributed by atoms with E-state index >= 15 is 0 Å². The van der Waals surface area contributed by atoms with Crippen molar-refractivity contribution in [2.75, 3.05) is 0 Å². The second kappa shape index (κ2) is 6.17. The lowest BCUT2D eigenvalue weighted by molar-refractivity contribution is -0.129. The van der Waals surface area contributed by atoms with E-state index in [2.05, 4.69) is 6.92 Å². The first-order valence-electron chi connectivity index (χ1n) is 6.63. The van der Waals surface area contributed by atoms with Gasteiger partial charge in [0, 0.05) is 11.8 Å². The Kier molecular flexibility index (Phi) is 5.17. The van der Waals surface area contributed by atoms with Gasteiger partial charge in [-0.15, -0.1) is 0 Å². The number of Topliss-reactive ketones (excluding diaryl/α,β-unsaturated/α-hetero) is 2. The van der Waals surface area contributed by atoms with Crippen molar-refractivity contribution in [3.63, 3.8) is 0 Å². The predicted molar refractivity (Wildman–Crippen MR) is 65.3 cm³/mol. The zero-order chi connectivity index (χ0) is 12.0. The van der Waals surface area contributed by atoms with E-state index in [1.54, 1.807) is 0 Å². The summed E-state index contributed by atoms with van der Waals surface area (Å²) in [6, 6.07) is 0. The van der Waals surface area contributed by atoms with Gasteiger partial charge in [-0.3, -0.25) is 9.59 Å². The minimum Gasteiger partial charge on any atom is -0.299 e. The molecule has 0 radical (unpaired) electrons. The Morgan fingerprint density at radius 2 is 1.69 bits per heavy atom. The van der Waals surface area contributed by atoms with E-state index in [4.69, 9.17) is 0 Å². The van der Waals surface area contributed by atoms with Gasteiger partial charge in [-0.2, -0.15) is 0 Å². The van der Waals surface area contributed by atoms with Crippen molar-refractivity contribution < 1.29 is 9.59 Å². The predicted octanol–water partition coefficient (Wildman–Crippen LogP) is 3.68. The van der Waals surface area contributed by atoms with Gasteiger partial charge in [-0.05, 0) is 19.3 Å². The van der Waals surface area contributed by atoms with Gasteiger partial charge >= 0.3 is 0 Å². The topological polar surface area (TPSA) is 34.1 Å². The molecule has 1 aliphatic carbocycles. The quantitative estimate of drug-likeness (QED) is 0.442. The molecular weight excluding hydrogens is 200 g/mol. The van der Waals surface area contributed by atoms with Crippen LogP contribution in [0.15, 0.2) is 0 Å². The first kappa shape index (κ1) is 13.4. The highest BCUT2D eigenvalue weighted by atomic mass is 16.1. The van der Waals surface area contributed by atoms with E-state index in [9.17, 15) is 9.59 Å². The summed E-state index contributed by atoms with van der Waals surface area (Å²) in [4.78, 5) is 23.2. The molecule has 0 saturated heterocycles. The summed E-state index contributed by atoms with van der Waals surface area (Å²) in [5.74, 6) is 0.320. The average molecular weight is 224 g/mol. The van der Waals surface area contributed by atoms with E-state index in [1.807, 2.05) is 6.92 Å². The van der Waals surface area contributed by atoms with E-state index < -0.39 is 0 Å². The third-order valence-corrected chi connectivity index (χ3v) is 3.59. The lowest BCUT2D eigenvalue weighted by Gasteiger charge is -2.06. The largest absolute Gasteiger partial charge is 0.299 e. The third kappa shape index (κ3) is 4.46. The van der Waals surface area contributed by atoms with Gasteiger partial charge < -0.3 is 0 Å². The molecule has 0 unspecified atom stereocenters. The summed E-state index contributed by atoms with van der Waals surface area (Å²) >= 11 is 0. The van der Waals surface area contributed by atoms with Crippen LogP contribution in [0.25, 0.3) is 0 Å². The molecule has 0 aliphatic heterocycles. The van der Waals surface area contributed by atoms with Gasteiger partial charge in [0.2, 0.25) is 0 Å². The zero-order valence-corrected chi connectivity index (χ0v) is 10.7. The maximum Gasteiger partial charge on any atom is 0.146 e. The van der Waals surface area contributed by atoms with Crippen LogP contribution in [0.3, 0.4) is 0 Å². The number of ketones is 2. The fourth-order valence-electron chi connectivity index (χ4n) is 1.87. The van der Waals surface area contributed by atoms with Gasteiger partial charge in [-0.25, -0.2) is 0 Å². The molecule has 1 fully saturated rings. The molecule has 0 aromatic heterocycles. The van der Waals surface area contributed by atoms with Crippen molar-refractivity contribution in [3.05, 3.63) is 0 Å². The first-order chi connectivity index (χ1) is 7.58. The lowest BCUT2D eigenvalue weighted by atomic mass is 9.97. The van der Waals surface area contributed by atoms with E-state index in [0.717, 1.165) is 25.7 Å².